The van der Waals surface area contributed by atoms with Crippen molar-refractivity contribution in [1.29, 1.82) is 0 Å². The van der Waals surface area contributed by atoms with Gasteiger partial charge in [-0.05, 0) is 6.54 Å². The predicted octanol–water partition coefficient (Wildman–Crippen LogP) is -9.40. The van der Waals surface area contributed by atoms with E-state index in [4.69, 9.17) is 5.73 Å². The van der Waals surface area contributed by atoms with Crippen LogP contribution < -0.4 is 19.8 Å². The van der Waals surface area contributed by atoms with Crippen molar-refractivity contribution < 1.29 is 14.1 Å². The molecule has 0 aliphatic rings. The molecule has 0 heterocycles. The average molecular weight is 113 g/mol. The third-order valence-electron chi connectivity index (χ3n) is 0. The van der Waals surface area contributed by atoms with E-state index in [1.54, 1.807) is 0 Å². The topological polar surface area (TPSA) is 26.0 Å². The molecule has 0 aliphatic carbocycles. The zero-order chi connectivity index (χ0) is 2.71. The maximum absolute atomic E-state index is 4.85. The molecule has 0 amide bonds. The smallest absolute Gasteiger partial charge is 1.00 e. The fourth-order valence-electron chi connectivity index (χ4n) is 0. The Morgan fingerprint density at radius 3 is 1.14 bits per heavy atom. The first-order chi connectivity index (χ1) is 1.41. The van der Waals surface area contributed by atoms with Gasteiger partial charge in [0.2, 0.25) is 0 Å². The molecule has 0 spiro atoms. The van der Waals surface area contributed by atoms with Crippen LogP contribution in [0.3, 0.4) is 0 Å². The van der Waals surface area contributed by atoms with Gasteiger partial charge in [-0.25, -0.2) is 0 Å². The molecule has 0 aromatic carbocycles. The molecule has 0 aromatic heterocycles. The summed E-state index contributed by atoms with van der Waals surface area (Å²) in [6.45, 7) is 2.65. The fourth-order valence-corrected chi connectivity index (χ4v) is 0. The van der Waals surface area contributed by atoms with Crippen LogP contribution in [0.5, 0.6) is 0 Å². The second-order valence-electron chi connectivity index (χ2n) is 0.408. The third-order valence-corrected chi connectivity index (χ3v) is 0. The largest absolute Gasteiger partial charge is 3.00 e. The quantitative estimate of drug-likeness (QED) is 0.310. The Kier molecular flexibility index (Phi) is 2030. The van der Waals surface area contributed by atoms with Crippen LogP contribution in [0.4, 0.5) is 0 Å². The third kappa shape index (κ3) is 2470. The summed E-state index contributed by atoms with van der Waals surface area (Å²) in [6, 6.07) is 0. The van der Waals surface area contributed by atoms with Gasteiger partial charge in [0, 0.05) is 0 Å². The summed E-state index contributed by atoms with van der Waals surface area (Å²) in [6.07, 6.45) is 0. The first-order valence-corrected chi connectivity index (χ1v) is 1.12. The molecule has 0 unspecified atom stereocenters. The zero-order valence-electron chi connectivity index (χ0n) is 4.00. The molecule has 0 rings (SSSR count). The molecule has 0 aliphatic heterocycles. The molecule has 0 bridgehead atoms. The van der Waals surface area contributed by atoms with Crippen molar-refractivity contribution in [3.8, 4) is 0 Å². The van der Waals surface area contributed by atoms with Crippen molar-refractivity contribution in [3.05, 3.63) is 0 Å². The van der Waals surface area contributed by atoms with Crippen molar-refractivity contribution in [2.24, 2.45) is 5.73 Å². The van der Waals surface area contributed by atoms with Gasteiger partial charge in [-0.3, -0.25) is 0 Å². The van der Waals surface area contributed by atoms with Gasteiger partial charge in [-0.15, -0.1) is 0 Å². The minimum atomic E-state index is 0. The molecule has 0 fully saturated rings. The number of hydrogen-bond donors (Lipinski definition) is 1. The van der Waals surface area contributed by atoms with Gasteiger partial charge >= 0.3 is 8.41 Å². The first kappa shape index (κ1) is 70.0. The summed E-state index contributed by atoms with van der Waals surface area (Å²) in [5.41, 5.74) is 4.85. The Labute approximate surface area is 43.0 Å². The fraction of sp³-hybridized carbons (Fsp3) is 1.00. The number of rotatable bonds is 0. The molecule has 44 valence electrons. The van der Waals surface area contributed by atoms with E-state index in [0.717, 1.165) is 6.54 Å². The Morgan fingerprint density at radius 1 is 1.14 bits per heavy atom. The van der Waals surface area contributed by atoms with E-state index in [1.807, 2.05) is 6.92 Å². The van der Waals surface area contributed by atoms with Gasteiger partial charge in [0.25, 0.3) is 0 Å². The van der Waals surface area contributed by atoms with Gasteiger partial charge < -0.3 is 19.8 Å². The molecule has 2 N–H and O–H groups in total. The standard InChI is InChI=1S/C2H7N.B.3FH/c1-2-3;;;;/h2-3H2,1H3;;3*1H/q;+3;;;/p-3. The van der Waals surface area contributed by atoms with Crippen LogP contribution >= 0.6 is 0 Å². The number of halogens is 3. The van der Waals surface area contributed by atoms with Crippen LogP contribution in [0.1, 0.15) is 6.92 Å². The van der Waals surface area contributed by atoms with Gasteiger partial charge in [-0.1, -0.05) is 6.92 Å². The van der Waals surface area contributed by atoms with E-state index >= 15 is 0 Å². The van der Waals surface area contributed by atoms with Crippen LogP contribution in [0.15, 0.2) is 0 Å². The van der Waals surface area contributed by atoms with E-state index in [-0.39, 0.29) is 22.5 Å². The average Bonchev–Trinajstić information content (AvgIpc) is 0.918. The monoisotopic (exact) mass is 113 g/mol. The normalized spacial score (nSPS) is 2.57. The van der Waals surface area contributed by atoms with Crippen molar-refractivity contribution in [3.63, 3.8) is 0 Å². The minimum Gasteiger partial charge on any atom is -1.00 e. The van der Waals surface area contributed by atoms with Gasteiger partial charge in [0.1, 0.15) is 0 Å². The second kappa shape index (κ2) is 203. The Balaban J connectivity index is -0.00000000333. The molecule has 1 nitrogen and oxygen atoms in total. The molecule has 0 atom stereocenters. The van der Waals surface area contributed by atoms with E-state index < -0.39 is 0 Å². The number of hydrogen-bond acceptors (Lipinski definition) is 1. The van der Waals surface area contributed by atoms with Gasteiger partial charge in [0.15, 0.2) is 0 Å². The summed E-state index contributed by atoms with van der Waals surface area (Å²) in [5, 5.41) is 0. The van der Waals surface area contributed by atoms with E-state index in [2.05, 4.69) is 0 Å². The number of nitrogens with two attached hydrogens (primary N) is 1. The predicted molar refractivity (Wildman–Crippen MR) is 20.5 cm³/mol. The summed E-state index contributed by atoms with van der Waals surface area (Å²) in [5.74, 6) is 0. The van der Waals surface area contributed by atoms with Crippen LogP contribution in [0, 0.1) is 0 Å². The minimum absolute atomic E-state index is 0. The summed E-state index contributed by atoms with van der Waals surface area (Å²) in [4.78, 5) is 0. The van der Waals surface area contributed by atoms with Crippen molar-refractivity contribution in [2.45, 2.75) is 6.92 Å². The van der Waals surface area contributed by atoms with Crippen LogP contribution in [-0.2, 0) is 0 Å². The molecule has 0 saturated heterocycles. The van der Waals surface area contributed by atoms with Crippen LogP contribution in [-0.4, -0.2) is 15.0 Å². The maximum Gasteiger partial charge on any atom is 3.00 e. The van der Waals surface area contributed by atoms with Crippen molar-refractivity contribution in [1.82, 2.24) is 0 Å². The van der Waals surface area contributed by atoms with Crippen LogP contribution in [0.25, 0.3) is 0 Å². The molecule has 0 saturated carbocycles. The van der Waals surface area contributed by atoms with Crippen molar-refractivity contribution in [2.75, 3.05) is 6.54 Å². The molecule has 7 heavy (non-hydrogen) atoms. The molecular weight excluding hydrogens is 106 g/mol. The summed E-state index contributed by atoms with van der Waals surface area (Å²) >= 11 is 0. The Hall–Kier alpha value is -0.185. The molecule has 5 heteroatoms. The molecule has 0 radical (unpaired) electrons. The van der Waals surface area contributed by atoms with Gasteiger partial charge in [0.05, 0.1) is 0 Å². The Morgan fingerprint density at radius 2 is 1.14 bits per heavy atom. The van der Waals surface area contributed by atoms with Crippen LogP contribution in [0.2, 0.25) is 0 Å². The van der Waals surface area contributed by atoms with E-state index in [0.29, 0.717) is 0 Å². The second-order valence-corrected chi connectivity index (χ2v) is 0.408. The summed E-state index contributed by atoms with van der Waals surface area (Å²) in [7, 11) is 0. The SMILES string of the molecule is CCN.[B+3].[F-].[F-].[F-]. The van der Waals surface area contributed by atoms with Crippen molar-refractivity contribution >= 4 is 8.41 Å². The Bertz CT molecular complexity index is 12.9. The maximum atomic E-state index is 4.85. The summed E-state index contributed by atoms with van der Waals surface area (Å²) < 4.78 is 0. The first-order valence-electron chi connectivity index (χ1n) is 1.12. The molecular formula is C2H7BF3N. The van der Waals surface area contributed by atoms with E-state index in [9.17, 15) is 0 Å². The van der Waals surface area contributed by atoms with E-state index in [1.165, 1.54) is 0 Å². The molecule has 0 aromatic rings. The zero-order valence-corrected chi connectivity index (χ0v) is 4.00. The van der Waals surface area contributed by atoms with Gasteiger partial charge in [-0.2, -0.15) is 0 Å².